The SMILES string of the molecule is C1=CCC(=C(CCC(c2ccccc2)c2ccccc2)c2ccccc2)C=C1. The van der Waals surface area contributed by atoms with Gasteiger partial charge >= 0.3 is 0 Å². The largest absolute Gasteiger partial charge is 0.0801 e. The third kappa shape index (κ3) is 4.40. The molecule has 0 atom stereocenters. The van der Waals surface area contributed by atoms with Crippen molar-refractivity contribution in [2.45, 2.75) is 25.2 Å². The lowest BCUT2D eigenvalue weighted by atomic mass is 9.83. The summed E-state index contributed by atoms with van der Waals surface area (Å²) in [5, 5.41) is 0. The minimum absolute atomic E-state index is 0.407. The van der Waals surface area contributed by atoms with Crippen LogP contribution < -0.4 is 0 Å². The van der Waals surface area contributed by atoms with Crippen LogP contribution in [0.5, 0.6) is 0 Å². The molecule has 0 heteroatoms. The van der Waals surface area contributed by atoms with Gasteiger partial charge in [-0.3, -0.25) is 0 Å². The molecule has 0 saturated carbocycles. The van der Waals surface area contributed by atoms with Gasteiger partial charge in [0.05, 0.1) is 0 Å². The van der Waals surface area contributed by atoms with Gasteiger partial charge in [0, 0.05) is 5.92 Å². The summed E-state index contributed by atoms with van der Waals surface area (Å²) in [6, 6.07) is 32.7. The highest BCUT2D eigenvalue weighted by Gasteiger charge is 2.16. The van der Waals surface area contributed by atoms with Gasteiger partial charge in [-0.25, -0.2) is 0 Å². The van der Waals surface area contributed by atoms with Crippen LogP contribution in [0.1, 0.15) is 41.9 Å². The maximum Gasteiger partial charge on any atom is 0.00925 e. The van der Waals surface area contributed by atoms with Crippen molar-refractivity contribution in [1.82, 2.24) is 0 Å². The lowest BCUT2D eigenvalue weighted by Crippen LogP contribution is -2.03. The Morgan fingerprint density at radius 1 is 0.679 bits per heavy atom. The van der Waals surface area contributed by atoms with Crippen LogP contribution in [0.25, 0.3) is 5.57 Å². The van der Waals surface area contributed by atoms with Crippen molar-refractivity contribution in [2.24, 2.45) is 0 Å². The number of hydrogen-bond donors (Lipinski definition) is 0. The standard InChI is InChI=1S/C28H26/c1-5-13-23(14-6-1)27(24-15-7-2-8-16-24)21-22-28(25-17-9-3-10-18-25)26-19-11-4-12-20-26/h1-19,27H,20-22H2. The average molecular weight is 363 g/mol. The van der Waals surface area contributed by atoms with E-state index in [1.54, 1.807) is 0 Å². The van der Waals surface area contributed by atoms with Crippen molar-refractivity contribution in [3.8, 4) is 0 Å². The second-order valence-corrected chi connectivity index (χ2v) is 7.27. The summed E-state index contributed by atoms with van der Waals surface area (Å²) in [4.78, 5) is 0. The first-order valence-corrected chi connectivity index (χ1v) is 10.1. The molecule has 1 aliphatic carbocycles. The van der Waals surface area contributed by atoms with E-state index < -0.39 is 0 Å². The van der Waals surface area contributed by atoms with Gasteiger partial charge < -0.3 is 0 Å². The van der Waals surface area contributed by atoms with E-state index in [9.17, 15) is 0 Å². The molecule has 0 amide bonds. The summed E-state index contributed by atoms with van der Waals surface area (Å²) >= 11 is 0. The zero-order chi connectivity index (χ0) is 19.0. The number of rotatable bonds is 6. The number of hydrogen-bond acceptors (Lipinski definition) is 0. The first-order chi connectivity index (χ1) is 13.9. The number of allylic oxidation sites excluding steroid dienone is 6. The Balaban J connectivity index is 1.66. The van der Waals surface area contributed by atoms with Gasteiger partial charge in [-0.2, -0.15) is 0 Å². The molecule has 4 rings (SSSR count). The van der Waals surface area contributed by atoms with Gasteiger partial charge in [-0.1, -0.05) is 115 Å². The Labute approximate surface area is 168 Å². The normalized spacial score (nSPS) is 15.0. The first-order valence-electron chi connectivity index (χ1n) is 10.1. The summed E-state index contributed by atoms with van der Waals surface area (Å²) < 4.78 is 0. The van der Waals surface area contributed by atoms with Gasteiger partial charge in [0.2, 0.25) is 0 Å². The predicted octanol–water partition coefficient (Wildman–Crippen LogP) is 7.57. The van der Waals surface area contributed by atoms with E-state index in [4.69, 9.17) is 0 Å². The fraction of sp³-hybridized carbons (Fsp3) is 0.143. The van der Waals surface area contributed by atoms with E-state index in [0.717, 1.165) is 19.3 Å². The summed E-state index contributed by atoms with van der Waals surface area (Å²) in [7, 11) is 0. The minimum atomic E-state index is 0.407. The molecule has 0 fully saturated rings. The molecule has 0 nitrogen and oxygen atoms in total. The highest BCUT2D eigenvalue weighted by molar-refractivity contribution is 5.72. The number of benzene rings is 3. The lowest BCUT2D eigenvalue weighted by Gasteiger charge is -2.21. The molecule has 138 valence electrons. The molecule has 0 radical (unpaired) electrons. The van der Waals surface area contributed by atoms with Crippen molar-refractivity contribution in [3.05, 3.63) is 138 Å². The molecule has 0 spiro atoms. The molecule has 0 N–H and O–H groups in total. The van der Waals surface area contributed by atoms with Crippen LogP contribution in [0.4, 0.5) is 0 Å². The maximum atomic E-state index is 2.28. The van der Waals surface area contributed by atoms with E-state index in [2.05, 4.69) is 115 Å². The van der Waals surface area contributed by atoms with Crippen LogP contribution in [-0.4, -0.2) is 0 Å². The molecule has 0 unspecified atom stereocenters. The summed E-state index contributed by atoms with van der Waals surface area (Å²) in [5.41, 5.74) is 7.04. The van der Waals surface area contributed by atoms with Crippen LogP contribution in [-0.2, 0) is 0 Å². The Bertz CT molecular complexity index is 921. The third-order valence-electron chi connectivity index (χ3n) is 5.48. The monoisotopic (exact) mass is 362 g/mol. The fourth-order valence-electron chi connectivity index (χ4n) is 4.05. The summed E-state index contributed by atoms with van der Waals surface area (Å²) in [6.07, 6.45) is 12.0. The molecule has 1 aliphatic rings. The van der Waals surface area contributed by atoms with E-state index >= 15 is 0 Å². The Hall–Kier alpha value is -3.12. The Morgan fingerprint density at radius 2 is 1.25 bits per heavy atom. The smallest absolute Gasteiger partial charge is 0.00925 e. The van der Waals surface area contributed by atoms with Crippen molar-refractivity contribution in [3.63, 3.8) is 0 Å². The van der Waals surface area contributed by atoms with Crippen LogP contribution in [0.2, 0.25) is 0 Å². The van der Waals surface area contributed by atoms with Crippen LogP contribution in [0.15, 0.2) is 121 Å². The van der Waals surface area contributed by atoms with Crippen molar-refractivity contribution < 1.29 is 0 Å². The maximum absolute atomic E-state index is 2.28. The molecule has 0 saturated heterocycles. The zero-order valence-electron chi connectivity index (χ0n) is 16.2. The molecule has 0 heterocycles. The van der Waals surface area contributed by atoms with Gasteiger partial charge in [0.25, 0.3) is 0 Å². The van der Waals surface area contributed by atoms with Gasteiger partial charge in [-0.05, 0) is 47.1 Å². The lowest BCUT2D eigenvalue weighted by molar-refractivity contribution is 0.733. The Morgan fingerprint density at radius 3 is 1.79 bits per heavy atom. The van der Waals surface area contributed by atoms with Crippen molar-refractivity contribution in [1.29, 1.82) is 0 Å². The van der Waals surface area contributed by atoms with Crippen molar-refractivity contribution in [2.75, 3.05) is 0 Å². The highest BCUT2D eigenvalue weighted by atomic mass is 14.2. The second-order valence-electron chi connectivity index (χ2n) is 7.27. The fourth-order valence-corrected chi connectivity index (χ4v) is 4.05. The van der Waals surface area contributed by atoms with E-state index in [-0.39, 0.29) is 0 Å². The molecule has 0 aromatic heterocycles. The molecule has 3 aromatic rings. The van der Waals surface area contributed by atoms with Crippen LogP contribution >= 0.6 is 0 Å². The third-order valence-corrected chi connectivity index (χ3v) is 5.48. The zero-order valence-corrected chi connectivity index (χ0v) is 16.2. The van der Waals surface area contributed by atoms with E-state index in [1.165, 1.54) is 27.8 Å². The van der Waals surface area contributed by atoms with E-state index in [0.29, 0.717) is 5.92 Å². The molecule has 0 bridgehead atoms. The molecule has 0 aliphatic heterocycles. The topological polar surface area (TPSA) is 0 Å². The van der Waals surface area contributed by atoms with Crippen LogP contribution in [0, 0.1) is 0 Å². The predicted molar refractivity (Wildman–Crippen MR) is 120 cm³/mol. The van der Waals surface area contributed by atoms with E-state index in [1.807, 2.05) is 0 Å². The molecule has 28 heavy (non-hydrogen) atoms. The summed E-state index contributed by atoms with van der Waals surface area (Å²) in [5.74, 6) is 0.407. The molecular formula is C28H26. The van der Waals surface area contributed by atoms with Gasteiger partial charge in [-0.15, -0.1) is 0 Å². The minimum Gasteiger partial charge on any atom is -0.0801 e. The quantitative estimate of drug-likeness (QED) is 0.424. The van der Waals surface area contributed by atoms with Gasteiger partial charge in [0.1, 0.15) is 0 Å². The summed E-state index contributed by atoms with van der Waals surface area (Å²) in [6.45, 7) is 0. The Kier molecular flexibility index (Phi) is 5.99. The van der Waals surface area contributed by atoms with Crippen molar-refractivity contribution >= 4 is 5.57 Å². The molecular weight excluding hydrogens is 336 g/mol. The second kappa shape index (κ2) is 9.19. The van der Waals surface area contributed by atoms with Crippen LogP contribution in [0.3, 0.4) is 0 Å². The molecule has 3 aromatic carbocycles. The van der Waals surface area contributed by atoms with Gasteiger partial charge in [0.15, 0.2) is 0 Å². The average Bonchev–Trinajstić information content (AvgIpc) is 2.79. The first kappa shape index (κ1) is 18.3. The highest BCUT2D eigenvalue weighted by Crippen LogP contribution is 2.35.